The maximum absolute atomic E-state index is 13.1. The highest BCUT2D eigenvalue weighted by Gasteiger charge is 2.23. The Kier molecular flexibility index (Phi) is 5.43. The molecular weight excluding hydrogens is 365 g/mol. The van der Waals surface area contributed by atoms with Crippen LogP contribution in [0.4, 0.5) is 4.39 Å². The summed E-state index contributed by atoms with van der Waals surface area (Å²) >= 11 is 10.7. The summed E-state index contributed by atoms with van der Waals surface area (Å²) < 4.78 is 20.3. The van der Waals surface area contributed by atoms with Crippen molar-refractivity contribution < 1.29 is 9.13 Å². The van der Waals surface area contributed by atoms with Gasteiger partial charge in [0.15, 0.2) is 0 Å². The summed E-state index contributed by atoms with van der Waals surface area (Å²) in [5.41, 5.74) is 6.14. The summed E-state index contributed by atoms with van der Waals surface area (Å²) in [4.78, 5) is 0.959. The average Bonchev–Trinajstić information content (AvgIpc) is 2.83. The standard InChI is InChI=1S/C14H14BrClFNOS/c1-2-10(18)14(12-5-6-13(16)20-12)19-11-4-3-8(17)7-9(11)15/h3-7,10,14H,2,18H2,1H3. The van der Waals surface area contributed by atoms with Crippen LogP contribution in [-0.2, 0) is 0 Å². The summed E-state index contributed by atoms with van der Waals surface area (Å²) in [6.07, 6.45) is 0.457. The van der Waals surface area contributed by atoms with Crippen LogP contribution in [-0.4, -0.2) is 6.04 Å². The summed E-state index contributed by atoms with van der Waals surface area (Å²) in [5.74, 6) is 0.240. The second kappa shape index (κ2) is 6.89. The lowest BCUT2D eigenvalue weighted by atomic mass is 10.1. The first-order chi connectivity index (χ1) is 9.51. The maximum atomic E-state index is 13.1. The van der Waals surface area contributed by atoms with Crippen molar-refractivity contribution in [1.29, 1.82) is 0 Å². The molecule has 1 aromatic carbocycles. The normalized spacial score (nSPS) is 14.1. The Bertz CT molecular complexity index is 592. The molecule has 0 aliphatic heterocycles. The monoisotopic (exact) mass is 377 g/mol. The van der Waals surface area contributed by atoms with E-state index in [1.165, 1.54) is 23.5 Å². The lowest BCUT2D eigenvalue weighted by Gasteiger charge is -2.24. The Labute approximate surface area is 134 Å². The van der Waals surface area contributed by atoms with E-state index in [0.29, 0.717) is 14.6 Å². The van der Waals surface area contributed by atoms with Crippen molar-refractivity contribution in [3.05, 3.63) is 49.8 Å². The predicted octanol–water partition coefficient (Wildman–Crippen LogP) is 5.16. The highest BCUT2D eigenvalue weighted by molar-refractivity contribution is 9.10. The fourth-order valence-electron chi connectivity index (χ4n) is 1.76. The zero-order chi connectivity index (χ0) is 14.7. The zero-order valence-electron chi connectivity index (χ0n) is 10.8. The minimum absolute atomic E-state index is 0.165. The van der Waals surface area contributed by atoms with Gasteiger partial charge >= 0.3 is 0 Å². The molecule has 108 valence electrons. The third-order valence-corrected chi connectivity index (χ3v) is 4.79. The summed E-state index contributed by atoms with van der Waals surface area (Å²) in [6.45, 7) is 2.00. The molecule has 0 aliphatic carbocycles. The fourth-order valence-corrected chi connectivity index (χ4v) is 3.37. The van der Waals surface area contributed by atoms with Crippen LogP contribution < -0.4 is 10.5 Å². The van der Waals surface area contributed by atoms with Gasteiger partial charge < -0.3 is 10.5 Å². The lowest BCUT2D eigenvalue weighted by molar-refractivity contribution is 0.173. The van der Waals surface area contributed by atoms with Crippen LogP contribution in [0.3, 0.4) is 0 Å². The molecule has 0 radical (unpaired) electrons. The zero-order valence-corrected chi connectivity index (χ0v) is 13.9. The predicted molar refractivity (Wildman–Crippen MR) is 85.1 cm³/mol. The second-order valence-corrected chi connectivity index (χ2v) is 6.93. The third kappa shape index (κ3) is 3.73. The largest absolute Gasteiger partial charge is 0.482 e. The number of nitrogens with two attached hydrogens (primary N) is 1. The molecule has 0 bridgehead atoms. The number of halogens is 3. The van der Waals surface area contributed by atoms with Crippen LogP contribution >= 0.6 is 38.9 Å². The van der Waals surface area contributed by atoms with E-state index in [9.17, 15) is 4.39 Å². The molecule has 1 heterocycles. The Morgan fingerprint density at radius 1 is 1.40 bits per heavy atom. The Hall–Kier alpha value is -0.620. The van der Waals surface area contributed by atoms with Gasteiger partial charge in [-0.25, -0.2) is 4.39 Å². The van der Waals surface area contributed by atoms with Crippen LogP contribution in [0.1, 0.15) is 24.3 Å². The van der Waals surface area contributed by atoms with Gasteiger partial charge in [0.2, 0.25) is 0 Å². The van der Waals surface area contributed by atoms with Crippen molar-refractivity contribution >= 4 is 38.9 Å². The van der Waals surface area contributed by atoms with Crippen molar-refractivity contribution in [2.24, 2.45) is 5.73 Å². The molecule has 0 fully saturated rings. The quantitative estimate of drug-likeness (QED) is 0.780. The van der Waals surface area contributed by atoms with E-state index in [0.717, 1.165) is 11.3 Å². The Balaban J connectivity index is 2.28. The van der Waals surface area contributed by atoms with E-state index in [-0.39, 0.29) is 18.0 Å². The van der Waals surface area contributed by atoms with Crippen molar-refractivity contribution in [2.75, 3.05) is 0 Å². The number of thiophene rings is 1. The van der Waals surface area contributed by atoms with Crippen LogP contribution in [0.5, 0.6) is 5.75 Å². The lowest BCUT2D eigenvalue weighted by Crippen LogP contribution is -2.31. The molecule has 1 aromatic heterocycles. The third-order valence-electron chi connectivity index (χ3n) is 2.88. The van der Waals surface area contributed by atoms with Crippen molar-refractivity contribution in [3.8, 4) is 5.75 Å². The van der Waals surface area contributed by atoms with Crippen LogP contribution in [0.25, 0.3) is 0 Å². The SMILES string of the molecule is CCC(N)C(Oc1ccc(F)cc1Br)c1ccc(Cl)s1. The van der Waals surface area contributed by atoms with Gasteiger partial charge in [-0.15, -0.1) is 11.3 Å². The Morgan fingerprint density at radius 3 is 2.70 bits per heavy atom. The molecule has 20 heavy (non-hydrogen) atoms. The van der Waals surface area contributed by atoms with Gasteiger partial charge in [-0.3, -0.25) is 0 Å². The molecule has 2 aromatic rings. The van der Waals surface area contributed by atoms with Gasteiger partial charge in [0.05, 0.1) is 8.81 Å². The minimum atomic E-state index is -0.320. The average molecular weight is 379 g/mol. The number of hydrogen-bond acceptors (Lipinski definition) is 3. The van der Waals surface area contributed by atoms with E-state index in [1.807, 2.05) is 19.1 Å². The van der Waals surface area contributed by atoms with Gasteiger partial charge in [0.1, 0.15) is 17.7 Å². The molecule has 0 saturated heterocycles. The fraction of sp³-hybridized carbons (Fsp3) is 0.286. The molecule has 0 aliphatic rings. The number of rotatable bonds is 5. The van der Waals surface area contributed by atoms with E-state index in [2.05, 4.69) is 15.9 Å². The van der Waals surface area contributed by atoms with Crippen molar-refractivity contribution in [1.82, 2.24) is 0 Å². The molecule has 2 unspecified atom stereocenters. The van der Waals surface area contributed by atoms with Crippen molar-refractivity contribution in [2.45, 2.75) is 25.5 Å². The smallest absolute Gasteiger partial charge is 0.148 e. The van der Waals surface area contributed by atoms with Gasteiger partial charge in [-0.05, 0) is 52.7 Å². The van der Waals surface area contributed by atoms with E-state index in [4.69, 9.17) is 22.1 Å². The number of benzene rings is 1. The molecule has 2 N–H and O–H groups in total. The highest BCUT2D eigenvalue weighted by Crippen LogP contribution is 2.35. The number of ether oxygens (including phenoxy) is 1. The molecule has 2 nitrogen and oxygen atoms in total. The van der Waals surface area contributed by atoms with Gasteiger partial charge in [-0.2, -0.15) is 0 Å². The summed E-state index contributed by atoms with van der Waals surface area (Å²) in [7, 11) is 0. The first-order valence-electron chi connectivity index (χ1n) is 6.13. The van der Waals surface area contributed by atoms with Crippen molar-refractivity contribution in [3.63, 3.8) is 0 Å². The maximum Gasteiger partial charge on any atom is 0.148 e. The van der Waals surface area contributed by atoms with E-state index in [1.54, 1.807) is 6.07 Å². The molecule has 0 amide bonds. The van der Waals surface area contributed by atoms with Crippen LogP contribution in [0.15, 0.2) is 34.8 Å². The van der Waals surface area contributed by atoms with E-state index < -0.39 is 0 Å². The molecule has 2 rings (SSSR count). The highest BCUT2D eigenvalue weighted by atomic mass is 79.9. The van der Waals surface area contributed by atoms with Crippen LogP contribution in [0.2, 0.25) is 4.34 Å². The first-order valence-corrected chi connectivity index (χ1v) is 8.12. The Morgan fingerprint density at radius 2 is 2.15 bits per heavy atom. The van der Waals surface area contributed by atoms with Crippen LogP contribution in [0, 0.1) is 5.82 Å². The van der Waals surface area contributed by atoms with E-state index >= 15 is 0 Å². The molecule has 6 heteroatoms. The van der Waals surface area contributed by atoms with Gasteiger partial charge in [0.25, 0.3) is 0 Å². The van der Waals surface area contributed by atoms with Gasteiger partial charge in [0, 0.05) is 10.9 Å². The number of hydrogen-bond donors (Lipinski definition) is 1. The molecule has 0 saturated carbocycles. The topological polar surface area (TPSA) is 35.2 Å². The minimum Gasteiger partial charge on any atom is -0.482 e. The van der Waals surface area contributed by atoms with Gasteiger partial charge in [-0.1, -0.05) is 18.5 Å². The molecular formula is C14H14BrClFNOS. The summed E-state index contributed by atoms with van der Waals surface area (Å²) in [5, 5.41) is 0. The molecule has 0 spiro atoms. The molecule has 2 atom stereocenters. The summed E-state index contributed by atoms with van der Waals surface area (Å²) in [6, 6.07) is 7.87. The first kappa shape index (κ1) is 15.8. The second-order valence-electron chi connectivity index (χ2n) is 4.33.